The number of nitrogens with one attached hydrogen (secondary N) is 1. The Hall–Kier alpha value is -2.34. The van der Waals surface area contributed by atoms with Crippen molar-refractivity contribution in [2.45, 2.75) is 44.6 Å². The molecule has 1 aliphatic heterocycles. The molecule has 0 bridgehead atoms. The maximum atomic E-state index is 13.8. The number of hydrogen-bond donors (Lipinski definition) is 1. The highest BCUT2D eigenvalue weighted by molar-refractivity contribution is 7.99. The van der Waals surface area contributed by atoms with E-state index in [4.69, 9.17) is 0 Å². The first-order valence-electron chi connectivity index (χ1n) is 9.24. The molecule has 2 atom stereocenters. The Morgan fingerprint density at radius 2 is 1.86 bits per heavy atom. The summed E-state index contributed by atoms with van der Waals surface area (Å²) in [5.74, 6) is -0.318. The number of benzene rings is 2. The van der Waals surface area contributed by atoms with Crippen LogP contribution in [0.5, 0.6) is 0 Å². The van der Waals surface area contributed by atoms with Crippen molar-refractivity contribution in [1.82, 2.24) is 10.2 Å². The van der Waals surface area contributed by atoms with E-state index in [1.54, 1.807) is 23.1 Å². The molecule has 1 saturated heterocycles. The summed E-state index contributed by atoms with van der Waals surface area (Å²) in [5, 5.41) is 2.55. The molecule has 2 unspecified atom stereocenters. The largest absolute Gasteiger partial charge is 0.350 e. The van der Waals surface area contributed by atoms with Crippen molar-refractivity contribution in [2.75, 3.05) is 5.75 Å². The highest BCUT2D eigenvalue weighted by Gasteiger charge is 2.43. The summed E-state index contributed by atoms with van der Waals surface area (Å²) in [6.07, 6.45) is 0. The van der Waals surface area contributed by atoms with E-state index < -0.39 is 17.0 Å². The Balaban J connectivity index is 1.99. The molecule has 2 aromatic rings. The summed E-state index contributed by atoms with van der Waals surface area (Å²) < 4.78 is 13.8. The van der Waals surface area contributed by atoms with Crippen LogP contribution in [-0.4, -0.2) is 34.0 Å². The molecule has 1 heterocycles. The van der Waals surface area contributed by atoms with Gasteiger partial charge >= 0.3 is 0 Å². The van der Waals surface area contributed by atoms with Crippen molar-refractivity contribution in [3.8, 4) is 0 Å². The van der Waals surface area contributed by atoms with Gasteiger partial charge in [-0.1, -0.05) is 29.8 Å². The van der Waals surface area contributed by atoms with Crippen LogP contribution < -0.4 is 5.32 Å². The fraction of sp³-hybridized carbons (Fsp3) is 0.364. The minimum absolute atomic E-state index is 0.195. The average Bonchev–Trinajstić information content (AvgIpc) is 3.05. The van der Waals surface area contributed by atoms with Gasteiger partial charge in [-0.05, 0) is 57.5 Å². The van der Waals surface area contributed by atoms with E-state index in [0.29, 0.717) is 16.9 Å². The quantitative estimate of drug-likeness (QED) is 0.835. The smallest absolute Gasteiger partial charge is 0.255 e. The molecule has 4 nitrogen and oxygen atoms in total. The van der Waals surface area contributed by atoms with Gasteiger partial charge in [0.1, 0.15) is 17.2 Å². The molecule has 0 radical (unpaired) electrons. The number of thioether (sulfide) groups is 1. The van der Waals surface area contributed by atoms with Crippen LogP contribution in [0.2, 0.25) is 0 Å². The lowest BCUT2D eigenvalue weighted by Crippen LogP contribution is -2.52. The van der Waals surface area contributed by atoms with E-state index in [2.05, 4.69) is 5.32 Å². The number of amides is 2. The normalized spacial score (nSPS) is 19.5. The fourth-order valence-electron chi connectivity index (χ4n) is 3.25. The molecular formula is C22H25FN2O2S. The van der Waals surface area contributed by atoms with Crippen molar-refractivity contribution in [3.63, 3.8) is 0 Å². The minimum Gasteiger partial charge on any atom is -0.350 e. The van der Waals surface area contributed by atoms with Gasteiger partial charge < -0.3 is 10.2 Å². The minimum atomic E-state index is -0.620. The first kappa shape index (κ1) is 20.4. The molecule has 0 saturated carbocycles. The van der Waals surface area contributed by atoms with Crippen molar-refractivity contribution < 1.29 is 14.0 Å². The van der Waals surface area contributed by atoms with Crippen LogP contribution in [0.15, 0.2) is 48.5 Å². The average molecular weight is 401 g/mol. The van der Waals surface area contributed by atoms with Crippen molar-refractivity contribution in [2.24, 2.45) is 0 Å². The second kappa shape index (κ2) is 7.95. The van der Waals surface area contributed by atoms with Gasteiger partial charge in [-0.3, -0.25) is 9.59 Å². The number of carbonyl (C=O) groups excluding carboxylic acids is 2. The SMILES string of the molecule is Cc1cccc(C(=O)N2C(C(=O)NC(C)(C)C)CSC2c2cccc(F)c2)c1. The van der Waals surface area contributed by atoms with Crippen LogP contribution in [0.25, 0.3) is 0 Å². The molecule has 3 rings (SSSR count). The third-order valence-corrected chi connectivity index (χ3v) is 5.76. The van der Waals surface area contributed by atoms with E-state index >= 15 is 0 Å². The Kier molecular flexibility index (Phi) is 5.79. The van der Waals surface area contributed by atoms with E-state index in [1.165, 1.54) is 23.9 Å². The van der Waals surface area contributed by atoms with Crippen LogP contribution in [-0.2, 0) is 4.79 Å². The fourth-order valence-corrected chi connectivity index (χ4v) is 4.67. The maximum absolute atomic E-state index is 13.8. The Morgan fingerprint density at radius 1 is 1.14 bits per heavy atom. The number of halogens is 1. The lowest BCUT2D eigenvalue weighted by Gasteiger charge is -2.31. The van der Waals surface area contributed by atoms with Gasteiger partial charge in [0.25, 0.3) is 5.91 Å². The topological polar surface area (TPSA) is 49.4 Å². The van der Waals surface area contributed by atoms with Crippen LogP contribution >= 0.6 is 11.8 Å². The Labute approximate surface area is 169 Å². The van der Waals surface area contributed by atoms with Gasteiger partial charge in [-0.15, -0.1) is 11.8 Å². The van der Waals surface area contributed by atoms with Crippen molar-refractivity contribution in [3.05, 3.63) is 71.0 Å². The lowest BCUT2D eigenvalue weighted by molar-refractivity contribution is -0.126. The third kappa shape index (κ3) is 4.55. The molecule has 0 aliphatic carbocycles. The summed E-state index contributed by atoms with van der Waals surface area (Å²) >= 11 is 1.48. The zero-order chi connectivity index (χ0) is 20.5. The number of hydrogen-bond acceptors (Lipinski definition) is 3. The molecule has 1 aliphatic rings. The van der Waals surface area contributed by atoms with Gasteiger partial charge in [0.15, 0.2) is 0 Å². The van der Waals surface area contributed by atoms with E-state index in [0.717, 1.165) is 5.56 Å². The monoisotopic (exact) mass is 400 g/mol. The summed E-state index contributed by atoms with van der Waals surface area (Å²) in [6.45, 7) is 7.64. The van der Waals surface area contributed by atoms with E-state index in [1.807, 2.05) is 45.9 Å². The summed E-state index contributed by atoms with van der Waals surface area (Å²) in [6, 6.07) is 12.9. The van der Waals surface area contributed by atoms with Crippen molar-refractivity contribution >= 4 is 23.6 Å². The number of carbonyl (C=O) groups is 2. The molecular weight excluding hydrogens is 375 g/mol. The molecule has 1 fully saturated rings. The molecule has 28 heavy (non-hydrogen) atoms. The van der Waals surface area contributed by atoms with Crippen LogP contribution in [0.1, 0.15) is 47.6 Å². The zero-order valence-electron chi connectivity index (χ0n) is 16.5. The summed E-state index contributed by atoms with van der Waals surface area (Å²) in [4.78, 5) is 27.9. The predicted molar refractivity (Wildman–Crippen MR) is 111 cm³/mol. The van der Waals surface area contributed by atoms with Crippen molar-refractivity contribution in [1.29, 1.82) is 0 Å². The van der Waals surface area contributed by atoms with Gasteiger partial charge in [-0.25, -0.2) is 4.39 Å². The number of aryl methyl sites for hydroxylation is 1. The van der Waals surface area contributed by atoms with Crippen LogP contribution in [0.3, 0.4) is 0 Å². The second-order valence-electron chi connectivity index (χ2n) is 8.08. The first-order valence-corrected chi connectivity index (χ1v) is 10.3. The lowest BCUT2D eigenvalue weighted by atomic mass is 10.1. The van der Waals surface area contributed by atoms with E-state index in [-0.39, 0.29) is 17.6 Å². The summed E-state index contributed by atoms with van der Waals surface area (Å²) in [5.41, 5.74) is 1.77. The van der Waals surface area contributed by atoms with Crippen LogP contribution in [0, 0.1) is 12.7 Å². The standard InChI is InChI=1S/C22H25FN2O2S/c1-14-7-5-8-15(11-14)20(27)25-18(19(26)24-22(2,3)4)13-28-21(25)16-9-6-10-17(23)12-16/h5-12,18,21H,13H2,1-4H3,(H,24,26). The predicted octanol–water partition coefficient (Wildman–Crippen LogP) is 4.31. The second-order valence-corrected chi connectivity index (χ2v) is 9.19. The molecule has 2 amide bonds. The van der Waals surface area contributed by atoms with Gasteiger partial charge in [-0.2, -0.15) is 0 Å². The Bertz CT molecular complexity index is 894. The molecule has 2 aromatic carbocycles. The zero-order valence-corrected chi connectivity index (χ0v) is 17.3. The van der Waals surface area contributed by atoms with Crippen LogP contribution in [0.4, 0.5) is 4.39 Å². The number of nitrogens with zero attached hydrogens (tertiary/aromatic N) is 1. The maximum Gasteiger partial charge on any atom is 0.255 e. The van der Waals surface area contributed by atoms with Gasteiger partial charge in [0.05, 0.1) is 0 Å². The Morgan fingerprint density at radius 3 is 2.50 bits per heavy atom. The number of rotatable bonds is 3. The molecule has 1 N–H and O–H groups in total. The first-order chi connectivity index (χ1) is 13.2. The molecule has 148 valence electrons. The highest BCUT2D eigenvalue weighted by Crippen LogP contribution is 2.42. The highest BCUT2D eigenvalue weighted by atomic mass is 32.2. The van der Waals surface area contributed by atoms with E-state index in [9.17, 15) is 14.0 Å². The summed E-state index contributed by atoms with van der Waals surface area (Å²) in [7, 11) is 0. The third-order valence-electron chi connectivity index (χ3n) is 4.43. The van der Waals surface area contributed by atoms with Gasteiger partial charge in [0, 0.05) is 16.9 Å². The molecule has 6 heteroatoms. The van der Waals surface area contributed by atoms with Gasteiger partial charge in [0.2, 0.25) is 5.91 Å². The molecule has 0 aromatic heterocycles. The molecule has 0 spiro atoms.